The Morgan fingerprint density at radius 1 is 1.32 bits per heavy atom. The lowest BCUT2D eigenvalue weighted by Gasteiger charge is -2.17. The van der Waals surface area contributed by atoms with Crippen LogP contribution in [0.5, 0.6) is 0 Å². The average molecular weight is 300 g/mol. The third-order valence-electron chi connectivity index (χ3n) is 2.70. The number of carbonyl (C=O) groups excluding carboxylic acids is 1. The van der Waals surface area contributed by atoms with Gasteiger partial charge < -0.3 is 18.9 Å². The first-order valence-electron chi connectivity index (χ1n) is 5.56. The number of halogens is 1. The third kappa shape index (κ3) is 3.66. The molecule has 5 atom stereocenters. The van der Waals surface area contributed by atoms with Gasteiger partial charge in [0.05, 0.1) is 18.6 Å². The molecule has 2 rings (SSSR count). The van der Waals surface area contributed by atoms with E-state index in [1.807, 2.05) is 0 Å². The van der Waals surface area contributed by atoms with Crippen LogP contribution in [0.2, 0.25) is 0 Å². The summed E-state index contributed by atoms with van der Waals surface area (Å²) in [7, 11) is 0. The summed E-state index contributed by atoms with van der Waals surface area (Å²) in [6, 6.07) is 0. The van der Waals surface area contributed by atoms with Crippen LogP contribution in [0.25, 0.3) is 0 Å². The van der Waals surface area contributed by atoms with Crippen LogP contribution in [-0.2, 0) is 23.8 Å². The monoisotopic (exact) mass is 299 g/mol. The minimum absolute atomic E-state index is 0.0772. The van der Waals surface area contributed by atoms with Gasteiger partial charge in [0.25, 0.3) is 0 Å². The zero-order valence-electron chi connectivity index (χ0n) is 9.97. The van der Waals surface area contributed by atoms with Crippen molar-refractivity contribution in [3.8, 4) is 0 Å². The van der Waals surface area contributed by atoms with Gasteiger partial charge in [0.2, 0.25) is 0 Å². The SMILES string of the molecule is C[C@H](Cl)OC(=O)O[C@H]1CO[C@H]2[C@@H]1OC[C@H]2ON(O)O. The van der Waals surface area contributed by atoms with Crippen molar-refractivity contribution in [2.45, 2.75) is 36.9 Å². The van der Waals surface area contributed by atoms with E-state index in [9.17, 15) is 4.79 Å². The summed E-state index contributed by atoms with van der Waals surface area (Å²) in [5.41, 5.74) is -0.802. The zero-order valence-corrected chi connectivity index (χ0v) is 10.7. The van der Waals surface area contributed by atoms with E-state index in [1.54, 1.807) is 0 Å². The quantitative estimate of drug-likeness (QED) is 0.429. The van der Waals surface area contributed by atoms with Gasteiger partial charge in [0, 0.05) is 0 Å². The highest BCUT2D eigenvalue weighted by Crippen LogP contribution is 2.30. The average Bonchev–Trinajstić information content (AvgIpc) is 2.81. The van der Waals surface area contributed by atoms with Crippen LogP contribution in [0.1, 0.15) is 6.92 Å². The molecule has 0 spiro atoms. The molecule has 0 radical (unpaired) electrons. The van der Waals surface area contributed by atoms with Crippen molar-refractivity contribution < 1.29 is 39.0 Å². The molecule has 0 saturated carbocycles. The molecule has 19 heavy (non-hydrogen) atoms. The Hall–Kier alpha value is -0.680. The van der Waals surface area contributed by atoms with Crippen molar-refractivity contribution in [3.05, 3.63) is 0 Å². The van der Waals surface area contributed by atoms with E-state index in [2.05, 4.69) is 9.57 Å². The number of carbonyl (C=O) groups is 1. The topological polar surface area (TPSA) is 107 Å². The second-order valence-corrected chi connectivity index (χ2v) is 4.67. The lowest BCUT2D eigenvalue weighted by molar-refractivity contribution is -0.507. The lowest BCUT2D eigenvalue weighted by Crippen LogP contribution is -2.37. The van der Waals surface area contributed by atoms with Crippen LogP contribution in [0, 0.1) is 0 Å². The Kier molecular flexibility index (Phi) is 4.79. The molecule has 2 aliphatic heterocycles. The predicted molar refractivity (Wildman–Crippen MR) is 56.4 cm³/mol. The third-order valence-corrected chi connectivity index (χ3v) is 2.79. The molecule has 2 saturated heterocycles. The summed E-state index contributed by atoms with van der Waals surface area (Å²) in [5, 5.41) is 16.8. The minimum atomic E-state index is -0.921. The van der Waals surface area contributed by atoms with Gasteiger partial charge >= 0.3 is 6.16 Å². The number of fused-ring (bicyclic) bond motifs is 1. The molecule has 0 aliphatic carbocycles. The van der Waals surface area contributed by atoms with E-state index in [1.165, 1.54) is 6.92 Å². The largest absolute Gasteiger partial charge is 0.510 e. The van der Waals surface area contributed by atoms with E-state index in [-0.39, 0.29) is 13.2 Å². The highest BCUT2D eigenvalue weighted by molar-refractivity contribution is 6.19. The Bertz CT molecular complexity index is 327. The smallest absolute Gasteiger partial charge is 0.426 e. The first kappa shape index (κ1) is 14.7. The second kappa shape index (κ2) is 6.18. The van der Waals surface area contributed by atoms with Gasteiger partial charge in [-0.15, -0.1) is 0 Å². The summed E-state index contributed by atoms with van der Waals surface area (Å²) in [6.07, 6.45) is -3.39. The van der Waals surface area contributed by atoms with Crippen LogP contribution >= 0.6 is 11.6 Å². The zero-order chi connectivity index (χ0) is 14.0. The molecule has 0 amide bonds. The first-order chi connectivity index (χ1) is 8.97. The van der Waals surface area contributed by atoms with Crippen LogP contribution in [0.4, 0.5) is 4.79 Å². The van der Waals surface area contributed by atoms with Crippen molar-refractivity contribution in [2.24, 2.45) is 0 Å². The Morgan fingerprint density at radius 3 is 2.47 bits per heavy atom. The molecule has 0 aromatic carbocycles. The molecule has 10 heteroatoms. The molecule has 2 fully saturated rings. The van der Waals surface area contributed by atoms with Crippen molar-refractivity contribution in [1.29, 1.82) is 0 Å². The summed E-state index contributed by atoms with van der Waals surface area (Å²) in [4.78, 5) is 15.9. The maximum absolute atomic E-state index is 11.3. The molecular weight excluding hydrogens is 286 g/mol. The van der Waals surface area contributed by atoms with Gasteiger partial charge in [-0.25, -0.2) is 9.63 Å². The molecule has 2 heterocycles. The van der Waals surface area contributed by atoms with E-state index in [0.717, 1.165) is 0 Å². The fourth-order valence-corrected chi connectivity index (χ4v) is 2.10. The number of rotatable bonds is 4. The maximum atomic E-state index is 11.3. The molecule has 2 N–H and O–H groups in total. The molecule has 0 unspecified atom stereocenters. The van der Waals surface area contributed by atoms with E-state index in [0.29, 0.717) is 0 Å². The molecule has 2 aliphatic rings. The molecule has 9 nitrogen and oxygen atoms in total. The van der Waals surface area contributed by atoms with Crippen LogP contribution in [-0.4, -0.2) is 65.2 Å². The predicted octanol–water partition coefficient (Wildman–Crippen LogP) is 0.271. The molecule has 0 bridgehead atoms. The Balaban J connectivity index is 1.85. The number of hydrogen-bond donors (Lipinski definition) is 2. The van der Waals surface area contributed by atoms with E-state index in [4.69, 9.17) is 36.2 Å². The van der Waals surface area contributed by atoms with Crippen LogP contribution in [0.3, 0.4) is 0 Å². The summed E-state index contributed by atoms with van der Waals surface area (Å²) >= 11 is 5.48. The van der Waals surface area contributed by atoms with Gasteiger partial charge in [-0.3, -0.25) is 10.4 Å². The van der Waals surface area contributed by atoms with Gasteiger partial charge in [0.1, 0.15) is 18.3 Å². The second-order valence-electron chi connectivity index (χ2n) is 4.06. The van der Waals surface area contributed by atoms with Crippen LogP contribution < -0.4 is 0 Å². The molecule has 110 valence electrons. The standard InChI is InChI=1S/C9H14ClNO8/c1-4(10)17-9(12)18-5-2-15-8-6(19-11(13)14)3-16-7(5)8/h4-8,13-14H,2-3H2,1H3/t4-,5+,6-,7-,8-/m1/s1. The summed E-state index contributed by atoms with van der Waals surface area (Å²) in [5.74, 6) is 0. The summed E-state index contributed by atoms with van der Waals surface area (Å²) in [6.45, 7) is 1.65. The first-order valence-corrected chi connectivity index (χ1v) is 6.00. The lowest BCUT2D eigenvalue weighted by atomic mass is 10.1. The minimum Gasteiger partial charge on any atom is -0.426 e. The van der Waals surface area contributed by atoms with Crippen molar-refractivity contribution in [1.82, 2.24) is 5.39 Å². The van der Waals surface area contributed by atoms with Gasteiger partial charge in [0.15, 0.2) is 11.7 Å². The number of nitrogens with zero attached hydrogens (tertiary/aromatic N) is 1. The van der Waals surface area contributed by atoms with Crippen LogP contribution in [0.15, 0.2) is 0 Å². The Morgan fingerprint density at radius 2 is 1.89 bits per heavy atom. The number of hydrogen-bond acceptors (Lipinski definition) is 9. The molecular formula is C9H14ClNO8. The van der Waals surface area contributed by atoms with Crippen molar-refractivity contribution in [2.75, 3.05) is 13.2 Å². The maximum Gasteiger partial charge on any atom is 0.510 e. The van der Waals surface area contributed by atoms with E-state index >= 15 is 0 Å². The van der Waals surface area contributed by atoms with Crippen molar-refractivity contribution in [3.63, 3.8) is 0 Å². The summed E-state index contributed by atoms with van der Waals surface area (Å²) < 4.78 is 20.3. The van der Waals surface area contributed by atoms with Gasteiger partial charge in [-0.2, -0.15) is 0 Å². The fourth-order valence-electron chi connectivity index (χ4n) is 2.03. The van der Waals surface area contributed by atoms with E-state index < -0.39 is 41.5 Å². The highest BCUT2D eigenvalue weighted by atomic mass is 35.5. The number of ether oxygens (including phenoxy) is 4. The number of alkyl halides is 1. The van der Waals surface area contributed by atoms with Gasteiger partial charge in [-0.1, -0.05) is 11.6 Å². The molecule has 0 aromatic rings. The Labute approximate surface area is 113 Å². The highest BCUT2D eigenvalue weighted by Gasteiger charge is 2.51. The van der Waals surface area contributed by atoms with Gasteiger partial charge in [-0.05, 0) is 6.92 Å². The molecule has 0 aromatic heterocycles. The fraction of sp³-hybridized carbons (Fsp3) is 0.889. The van der Waals surface area contributed by atoms with Crippen molar-refractivity contribution >= 4 is 17.8 Å². The normalized spacial score (nSPS) is 35.2.